The third-order valence-corrected chi connectivity index (χ3v) is 6.01. The number of benzene rings is 2. The second-order valence-corrected chi connectivity index (χ2v) is 8.04. The molecule has 0 saturated carbocycles. The normalized spacial score (nSPS) is 23.9. The maximum Gasteiger partial charge on any atom is 0.229 e. The van der Waals surface area contributed by atoms with E-state index >= 15 is 0 Å². The molecular weight excluding hydrogens is 476 g/mol. The highest BCUT2D eigenvalue weighted by Crippen LogP contribution is 2.44. The molecule has 1 aromatic heterocycles. The summed E-state index contributed by atoms with van der Waals surface area (Å²) in [6.45, 7) is -0.486. The van der Waals surface area contributed by atoms with Crippen molar-refractivity contribution < 1.29 is 48.2 Å². The molecule has 1 aliphatic rings. The zero-order chi connectivity index (χ0) is 26.0. The average molecular weight is 504 g/mol. The molecule has 11 heteroatoms. The second kappa shape index (κ2) is 10.7. The lowest BCUT2D eigenvalue weighted by Crippen LogP contribution is -2.60. The smallest absolute Gasteiger partial charge is 0.229 e. The molecule has 1 aliphatic heterocycles. The third kappa shape index (κ3) is 4.59. The Balaban J connectivity index is 1.80. The number of aliphatic hydroxyl groups is 3. The lowest BCUT2D eigenvalue weighted by molar-refractivity contribution is -0.282. The van der Waals surface area contributed by atoms with Crippen LogP contribution in [0.1, 0.15) is 0 Å². The Hall–Kier alpha value is -3.35. The van der Waals surface area contributed by atoms with Gasteiger partial charge >= 0.3 is 0 Å². The van der Waals surface area contributed by atoms with Crippen molar-refractivity contribution in [2.75, 3.05) is 35.0 Å². The molecule has 1 saturated heterocycles. The average Bonchev–Trinajstić information content (AvgIpc) is 2.90. The van der Waals surface area contributed by atoms with Gasteiger partial charge in [0.2, 0.25) is 12.0 Å². The molecule has 11 nitrogen and oxygen atoms in total. The first-order chi connectivity index (χ1) is 17.4. The topological polar surface area (TPSA) is 146 Å². The Morgan fingerprint density at radius 1 is 0.917 bits per heavy atom. The van der Waals surface area contributed by atoms with Crippen molar-refractivity contribution in [1.29, 1.82) is 0 Å². The molecular formula is C25H28O11. The standard InChI is InChI=1S/C25H28O11/c1-30-13-7-5-12(6-8-13)15-9-14(27)19-16(34-15)10-17(23(32-3)24(19)33-4)35-25-21(29)20(28)22(31-2)18(11-26)36-25/h5-10,18,20-22,25-26,28-29H,11H2,1-4H3/t18-,20-,21-,22+,25-/m1/s1. The number of hydrogen-bond acceptors (Lipinski definition) is 11. The van der Waals surface area contributed by atoms with Crippen LogP contribution < -0.4 is 24.4 Å². The van der Waals surface area contributed by atoms with Gasteiger partial charge in [0.15, 0.2) is 16.9 Å². The molecule has 36 heavy (non-hydrogen) atoms. The van der Waals surface area contributed by atoms with E-state index in [1.807, 2.05) is 0 Å². The van der Waals surface area contributed by atoms with Crippen molar-refractivity contribution in [1.82, 2.24) is 0 Å². The van der Waals surface area contributed by atoms with Crippen molar-refractivity contribution >= 4 is 11.0 Å². The predicted molar refractivity (Wildman–Crippen MR) is 127 cm³/mol. The van der Waals surface area contributed by atoms with Gasteiger partial charge < -0.3 is 48.2 Å². The second-order valence-electron chi connectivity index (χ2n) is 8.04. The molecule has 0 radical (unpaired) electrons. The number of ether oxygens (including phenoxy) is 6. The summed E-state index contributed by atoms with van der Waals surface area (Å²) in [5.41, 5.74) is 0.384. The van der Waals surface area contributed by atoms with E-state index in [0.29, 0.717) is 17.1 Å². The van der Waals surface area contributed by atoms with Crippen molar-refractivity contribution in [2.24, 2.45) is 0 Å². The van der Waals surface area contributed by atoms with E-state index in [9.17, 15) is 20.1 Å². The molecule has 194 valence electrons. The summed E-state index contributed by atoms with van der Waals surface area (Å²) < 4.78 is 38.8. The maximum atomic E-state index is 13.1. The molecule has 1 fully saturated rings. The van der Waals surface area contributed by atoms with Crippen molar-refractivity contribution in [3.05, 3.63) is 46.6 Å². The van der Waals surface area contributed by atoms with E-state index in [2.05, 4.69) is 0 Å². The van der Waals surface area contributed by atoms with Crippen LogP contribution in [0.15, 0.2) is 45.6 Å². The SMILES string of the molecule is COc1ccc(-c2cc(=O)c3c(OC)c(OC)c(O[C@@H]4O[C@H](CO)[C@H](OC)[C@H](O)[C@H]4O)cc3o2)cc1. The largest absolute Gasteiger partial charge is 0.497 e. The molecule has 4 rings (SSSR count). The molecule has 3 N–H and O–H groups in total. The maximum absolute atomic E-state index is 13.1. The molecule has 0 spiro atoms. The fourth-order valence-corrected chi connectivity index (χ4v) is 4.19. The summed E-state index contributed by atoms with van der Waals surface area (Å²) in [4.78, 5) is 13.1. The Kier molecular flexibility index (Phi) is 7.67. The van der Waals surface area contributed by atoms with Crippen molar-refractivity contribution in [2.45, 2.75) is 30.7 Å². The number of aliphatic hydroxyl groups excluding tert-OH is 3. The van der Waals surface area contributed by atoms with Gasteiger partial charge in [-0.05, 0) is 24.3 Å². The van der Waals surface area contributed by atoms with Gasteiger partial charge in [0.1, 0.15) is 46.9 Å². The highest BCUT2D eigenvalue weighted by Gasteiger charge is 2.46. The zero-order valence-electron chi connectivity index (χ0n) is 20.2. The molecule has 2 aromatic carbocycles. The van der Waals surface area contributed by atoms with E-state index in [1.165, 1.54) is 33.5 Å². The Morgan fingerprint density at radius 2 is 1.61 bits per heavy atom. The van der Waals surface area contributed by atoms with Crippen LogP contribution in [-0.2, 0) is 9.47 Å². The zero-order valence-corrected chi connectivity index (χ0v) is 20.2. The van der Waals surface area contributed by atoms with Crippen LogP contribution in [0.5, 0.6) is 23.0 Å². The van der Waals surface area contributed by atoms with Crippen LogP contribution in [-0.4, -0.2) is 81.1 Å². The van der Waals surface area contributed by atoms with Gasteiger partial charge in [-0.25, -0.2) is 0 Å². The van der Waals surface area contributed by atoms with Crippen LogP contribution >= 0.6 is 0 Å². The lowest BCUT2D eigenvalue weighted by Gasteiger charge is -2.41. The number of rotatable bonds is 8. The number of fused-ring (bicyclic) bond motifs is 1. The van der Waals surface area contributed by atoms with Crippen LogP contribution in [0, 0.1) is 0 Å². The first kappa shape index (κ1) is 25.7. The summed E-state index contributed by atoms with van der Waals surface area (Å²) >= 11 is 0. The summed E-state index contributed by atoms with van der Waals surface area (Å²) in [6, 6.07) is 9.71. The highest BCUT2D eigenvalue weighted by atomic mass is 16.7. The first-order valence-corrected chi connectivity index (χ1v) is 11.1. The molecule has 2 heterocycles. The highest BCUT2D eigenvalue weighted by molar-refractivity contribution is 5.90. The van der Waals surface area contributed by atoms with Gasteiger partial charge in [0.05, 0.1) is 27.9 Å². The molecule has 3 aromatic rings. The van der Waals surface area contributed by atoms with Crippen LogP contribution in [0.2, 0.25) is 0 Å². The van der Waals surface area contributed by atoms with Crippen LogP contribution in [0.3, 0.4) is 0 Å². The Bertz CT molecular complexity index is 1250. The molecule has 5 atom stereocenters. The van der Waals surface area contributed by atoms with Gasteiger partial charge in [0.25, 0.3) is 0 Å². The third-order valence-electron chi connectivity index (χ3n) is 6.01. The van der Waals surface area contributed by atoms with E-state index in [1.54, 1.807) is 31.4 Å². The van der Waals surface area contributed by atoms with Gasteiger partial charge in [-0.15, -0.1) is 0 Å². The van der Waals surface area contributed by atoms with Crippen LogP contribution in [0.4, 0.5) is 0 Å². The minimum absolute atomic E-state index is 0.0145. The van der Waals surface area contributed by atoms with Crippen molar-refractivity contribution in [3.63, 3.8) is 0 Å². The molecule has 0 unspecified atom stereocenters. The van der Waals surface area contributed by atoms with Crippen LogP contribution in [0.25, 0.3) is 22.3 Å². The minimum atomic E-state index is -1.53. The summed E-state index contributed by atoms with van der Waals surface area (Å²) in [5, 5.41) is 30.8. The van der Waals surface area contributed by atoms with E-state index in [-0.39, 0.29) is 33.6 Å². The van der Waals surface area contributed by atoms with E-state index in [0.717, 1.165) is 0 Å². The summed E-state index contributed by atoms with van der Waals surface area (Å²) in [7, 11) is 5.59. The quantitative estimate of drug-likeness (QED) is 0.408. The molecule has 0 bridgehead atoms. The predicted octanol–water partition coefficient (Wildman–Crippen LogP) is 1.32. The Labute approximate surface area is 206 Å². The van der Waals surface area contributed by atoms with Gasteiger partial charge in [-0.3, -0.25) is 4.79 Å². The molecule has 0 amide bonds. The molecule has 0 aliphatic carbocycles. The Morgan fingerprint density at radius 3 is 2.19 bits per heavy atom. The van der Waals surface area contributed by atoms with Crippen molar-refractivity contribution in [3.8, 4) is 34.3 Å². The fourth-order valence-electron chi connectivity index (χ4n) is 4.19. The van der Waals surface area contributed by atoms with E-state index < -0.39 is 37.3 Å². The van der Waals surface area contributed by atoms with Gasteiger partial charge in [-0.1, -0.05) is 0 Å². The van der Waals surface area contributed by atoms with Gasteiger partial charge in [-0.2, -0.15) is 0 Å². The minimum Gasteiger partial charge on any atom is -0.497 e. The number of hydrogen-bond donors (Lipinski definition) is 3. The van der Waals surface area contributed by atoms with E-state index in [4.69, 9.17) is 32.8 Å². The van der Waals surface area contributed by atoms with Gasteiger partial charge in [0, 0.05) is 24.8 Å². The number of methoxy groups -OCH3 is 4. The summed E-state index contributed by atoms with van der Waals surface area (Å²) in [6.07, 6.45) is -6.27. The summed E-state index contributed by atoms with van der Waals surface area (Å²) in [5.74, 6) is 1.06. The first-order valence-electron chi connectivity index (χ1n) is 11.1. The lowest BCUT2D eigenvalue weighted by atomic mass is 9.99. The monoisotopic (exact) mass is 504 g/mol. The fraction of sp³-hybridized carbons (Fsp3) is 0.400.